The molecular formula is C10H15N3O3. The zero-order valence-electron chi connectivity index (χ0n) is 9.38. The van der Waals surface area contributed by atoms with E-state index < -0.39 is 5.97 Å². The molecule has 0 spiro atoms. The highest BCUT2D eigenvalue weighted by atomic mass is 16.5. The molecule has 1 N–H and O–H groups in total. The first-order valence-electron chi connectivity index (χ1n) is 5.31. The minimum atomic E-state index is -1.05. The third kappa shape index (κ3) is 1.92. The number of ether oxygens (including phenoxy) is 1. The summed E-state index contributed by atoms with van der Waals surface area (Å²) in [6.45, 7) is 2.27. The fraction of sp³-hybridized carbons (Fsp3) is 0.700. The van der Waals surface area contributed by atoms with E-state index in [-0.39, 0.29) is 18.3 Å². The van der Waals surface area contributed by atoms with Crippen molar-refractivity contribution in [3.8, 4) is 0 Å². The summed E-state index contributed by atoms with van der Waals surface area (Å²) in [5.41, 5.74) is 0.545. The number of hydrogen-bond acceptors (Lipinski definition) is 4. The van der Waals surface area contributed by atoms with E-state index in [1.165, 1.54) is 20.0 Å². The predicted molar refractivity (Wildman–Crippen MR) is 55.1 cm³/mol. The number of carboxylic acids is 1. The maximum absolute atomic E-state index is 10.9. The molecule has 0 aliphatic heterocycles. The lowest BCUT2D eigenvalue weighted by Crippen LogP contribution is -2.14. The molecule has 0 saturated heterocycles. The average molecular weight is 225 g/mol. The van der Waals surface area contributed by atoms with Crippen LogP contribution in [0.15, 0.2) is 0 Å². The molecule has 16 heavy (non-hydrogen) atoms. The lowest BCUT2D eigenvalue weighted by molar-refractivity contribution is 0.0684. The Labute approximate surface area is 93.2 Å². The second-order valence-corrected chi connectivity index (χ2v) is 4.15. The van der Waals surface area contributed by atoms with Gasteiger partial charge in [-0.15, -0.1) is 5.10 Å². The molecule has 0 aromatic carbocycles. The van der Waals surface area contributed by atoms with Gasteiger partial charge >= 0.3 is 5.97 Å². The second-order valence-electron chi connectivity index (χ2n) is 4.15. The van der Waals surface area contributed by atoms with Crippen LogP contribution in [0.3, 0.4) is 0 Å². The van der Waals surface area contributed by atoms with Crippen LogP contribution in [0.1, 0.15) is 42.0 Å². The van der Waals surface area contributed by atoms with Crippen molar-refractivity contribution < 1.29 is 14.6 Å². The summed E-state index contributed by atoms with van der Waals surface area (Å²) in [6.07, 6.45) is 2.35. The van der Waals surface area contributed by atoms with Crippen molar-refractivity contribution in [1.29, 1.82) is 0 Å². The fourth-order valence-corrected chi connectivity index (χ4v) is 1.86. The summed E-state index contributed by atoms with van der Waals surface area (Å²) in [5.74, 6) is -0.458. The quantitative estimate of drug-likeness (QED) is 0.811. The number of hydrogen-bond donors (Lipinski definition) is 1. The Bertz CT molecular complexity index is 398. The van der Waals surface area contributed by atoms with Gasteiger partial charge in [0.1, 0.15) is 0 Å². The van der Waals surface area contributed by atoms with Crippen LogP contribution in [0.4, 0.5) is 0 Å². The van der Waals surface area contributed by atoms with Gasteiger partial charge in [-0.1, -0.05) is 5.21 Å². The minimum absolute atomic E-state index is 0.00523. The normalized spacial score (nSPS) is 17.4. The molecule has 1 aromatic heterocycles. The topological polar surface area (TPSA) is 77.2 Å². The van der Waals surface area contributed by atoms with Gasteiger partial charge in [0.2, 0.25) is 0 Å². The van der Waals surface area contributed by atoms with E-state index in [0.717, 1.165) is 0 Å². The number of aromatic carboxylic acids is 1. The summed E-state index contributed by atoms with van der Waals surface area (Å²) in [4.78, 5) is 10.9. The van der Waals surface area contributed by atoms with Crippen molar-refractivity contribution in [3.63, 3.8) is 0 Å². The van der Waals surface area contributed by atoms with Crippen molar-refractivity contribution in [1.82, 2.24) is 15.0 Å². The van der Waals surface area contributed by atoms with Gasteiger partial charge in [-0.05, 0) is 25.7 Å². The summed E-state index contributed by atoms with van der Waals surface area (Å²) in [7, 11) is 1.53. The van der Waals surface area contributed by atoms with Crippen LogP contribution in [0.5, 0.6) is 0 Å². The Kier molecular flexibility index (Phi) is 2.91. The van der Waals surface area contributed by atoms with Crippen molar-refractivity contribution >= 4 is 5.97 Å². The Balaban J connectivity index is 2.32. The highest BCUT2D eigenvalue weighted by molar-refractivity contribution is 5.86. The van der Waals surface area contributed by atoms with Gasteiger partial charge in [0.25, 0.3) is 0 Å². The zero-order chi connectivity index (χ0) is 11.7. The second kappa shape index (κ2) is 4.21. The third-order valence-corrected chi connectivity index (χ3v) is 2.96. The van der Waals surface area contributed by atoms with E-state index in [0.29, 0.717) is 11.6 Å². The molecule has 1 fully saturated rings. The average Bonchev–Trinajstić information content (AvgIpc) is 2.99. The fourth-order valence-electron chi connectivity index (χ4n) is 1.86. The number of nitrogens with zero attached hydrogens (tertiary/aromatic N) is 3. The SMILES string of the molecule is COCc1c(C(=O)O)nnn1C(C)C1CC1. The highest BCUT2D eigenvalue weighted by Crippen LogP contribution is 2.39. The molecular weight excluding hydrogens is 210 g/mol. The monoisotopic (exact) mass is 225 g/mol. The van der Waals surface area contributed by atoms with Gasteiger partial charge < -0.3 is 9.84 Å². The van der Waals surface area contributed by atoms with E-state index in [4.69, 9.17) is 9.84 Å². The lowest BCUT2D eigenvalue weighted by atomic mass is 10.2. The molecule has 1 aliphatic carbocycles. The van der Waals surface area contributed by atoms with Gasteiger partial charge in [0.05, 0.1) is 18.3 Å². The Hall–Kier alpha value is -1.43. The molecule has 6 heteroatoms. The van der Waals surface area contributed by atoms with Gasteiger partial charge in [-0.25, -0.2) is 9.48 Å². The first-order chi connectivity index (χ1) is 7.65. The Morgan fingerprint density at radius 2 is 2.38 bits per heavy atom. The number of carboxylic acid groups (broad SMARTS) is 1. The summed E-state index contributed by atoms with van der Waals surface area (Å²) < 4.78 is 6.69. The third-order valence-electron chi connectivity index (χ3n) is 2.96. The summed E-state index contributed by atoms with van der Waals surface area (Å²) in [6, 6.07) is 0.200. The Morgan fingerprint density at radius 1 is 1.69 bits per heavy atom. The number of aromatic nitrogens is 3. The molecule has 1 unspecified atom stereocenters. The molecule has 6 nitrogen and oxygen atoms in total. The molecule has 0 amide bonds. The lowest BCUT2D eigenvalue weighted by Gasteiger charge is -2.13. The minimum Gasteiger partial charge on any atom is -0.476 e. The predicted octanol–water partition coefficient (Wildman–Crippen LogP) is 1.09. The first-order valence-corrected chi connectivity index (χ1v) is 5.31. The smallest absolute Gasteiger partial charge is 0.358 e. The maximum Gasteiger partial charge on any atom is 0.358 e. The number of rotatable bonds is 5. The van der Waals surface area contributed by atoms with E-state index in [2.05, 4.69) is 10.3 Å². The van der Waals surface area contributed by atoms with Crippen molar-refractivity contribution in [2.75, 3.05) is 7.11 Å². The van der Waals surface area contributed by atoms with Crippen LogP contribution < -0.4 is 0 Å². The molecule has 0 bridgehead atoms. The van der Waals surface area contributed by atoms with E-state index >= 15 is 0 Å². The van der Waals surface area contributed by atoms with Crippen molar-refractivity contribution in [2.45, 2.75) is 32.4 Å². The molecule has 0 radical (unpaired) electrons. The molecule has 1 aromatic rings. The van der Waals surface area contributed by atoms with Gasteiger partial charge in [-0.3, -0.25) is 0 Å². The molecule has 2 rings (SSSR count). The molecule has 1 aliphatic rings. The van der Waals surface area contributed by atoms with Gasteiger partial charge in [0.15, 0.2) is 5.69 Å². The molecule has 1 heterocycles. The van der Waals surface area contributed by atoms with E-state index in [1.807, 2.05) is 6.92 Å². The number of carbonyl (C=O) groups is 1. The summed E-state index contributed by atoms with van der Waals surface area (Å²) in [5, 5.41) is 16.6. The van der Waals surface area contributed by atoms with Crippen LogP contribution in [0.2, 0.25) is 0 Å². The first kappa shape index (κ1) is 11.1. The largest absolute Gasteiger partial charge is 0.476 e. The van der Waals surface area contributed by atoms with E-state index in [1.54, 1.807) is 4.68 Å². The highest BCUT2D eigenvalue weighted by Gasteiger charge is 2.32. The van der Waals surface area contributed by atoms with Crippen molar-refractivity contribution in [2.24, 2.45) is 5.92 Å². The summed E-state index contributed by atoms with van der Waals surface area (Å²) >= 11 is 0. The molecule has 1 atom stereocenters. The van der Waals surface area contributed by atoms with Crippen LogP contribution in [-0.2, 0) is 11.3 Å². The van der Waals surface area contributed by atoms with Crippen LogP contribution >= 0.6 is 0 Å². The van der Waals surface area contributed by atoms with Crippen LogP contribution in [0.25, 0.3) is 0 Å². The maximum atomic E-state index is 10.9. The number of methoxy groups -OCH3 is 1. The van der Waals surface area contributed by atoms with Crippen LogP contribution in [-0.4, -0.2) is 33.2 Å². The van der Waals surface area contributed by atoms with Crippen LogP contribution in [0, 0.1) is 5.92 Å². The Morgan fingerprint density at radius 3 is 2.88 bits per heavy atom. The van der Waals surface area contributed by atoms with Crippen molar-refractivity contribution in [3.05, 3.63) is 11.4 Å². The standard InChI is InChI=1S/C10H15N3O3/c1-6(7-3-4-7)13-8(5-16-2)9(10(14)15)11-12-13/h6-7H,3-5H2,1-2H3,(H,14,15). The van der Waals surface area contributed by atoms with E-state index in [9.17, 15) is 4.79 Å². The molecule has 88 valence electrons. The van der Waals surface area contributed by atoms with Gasteiger partial charge in [0, 0.05) is 7.11 Å². The zero-order valence-corrected chi connectivity index (χ0v) is 9.38. The van der Waals surface area contributed by atoms with Gasteiger partial charge in [-0.2, -0.15) is 0 Å². The molecule has 1 saturated carbocycles.